The summed E-state index contributed by atoms with van der Waals surface area (Å²) >= 11 is 0. The fourth-order valence-corrected chi connectivity index (χ4v) is 3.13. The van der Waals surface area contributed by atoms with Crippen LogP contribution in [-0.4, -0.2) is 29.4 Å². The molecule has 2 aliphatic rings. The summed E-state index contributed by atoms with van der Waals surface area (Å²) in [5.41, 5.74) is 0.679. The molecule has 1 aromatic rings. The zero-order valence-electron chi connectivity index (χ0n) is 12.4. The Labute approximate surface area is 125 Å². The molecular weight excluding hydrogens is 267 g/mol. The molecule has 0 bridgehead atoms. The maximum atomic E-state index is 13.8. The monoisotopic (exact) mass is 290 g/mol. The standard InChI is InChI=1S/C17H23FN2O/c18-16-8-4-1-5-13(16)11-20(15-9-10-15)12-17(21)19-14-6-2-3-7-14/h1,4-5,8,14-15H,2-3,6-7,9-12H2,(H,19,21). The highest BCUT2D eigenvalue weighted by Gasteiger charge is 2.31. The Bertz CT molecular complexity index is 495. The molecule has 0 saturated heterocycles. The van der Waals surface area contributed by atoms with Gasteiger partial charge in [-0.25, -0.2) is 4.39 Å². The van der Waals surface area contributed by atoms with E-state index in [9.17, 15) is 9.18 Å². The number of halogens is 1. The third kappa shape index (κ3) is 4.03. The van der Waals surface area contributed by atoms with Crippen molar-refractivity contribution in [2.24, 2.45) is 0 Å². The largest absolute Gasteiger partial charge is 0.352 e. The van der Waals surface area contributed by atoms with E-state index >= 15 is 0 Å². The second kappa shape index (κ2) is 6.56. The van der Waals surface area contributed by atoms with Gasteiger partial charge in [0.2, 0.25) is 5.91 Å². The van der Waals surface area contributed by atoms with Gasteiger partial charge in [0, 0.05) is 24.2 Å². The molecule has 0 unspecified atom stereocenters. The van der Waals surface area contributed by atoms with Gasteiger partial charge in [-0.2, -0.15) is 0 Å². The van der Waals surface area contributed by atoms with Crippen LogP contribution in [0.2, 0.25) is 0 Å². The third-order valence-corrected chi connectivity index (χ3v) is 4.46. The van der Waals surface area contributed by atoms with Gasteiger partial charge in [-0.3, -0.25) is 9.69 Å². The summed E-state index contributed by atoms with van der Waals surface area (Å²) in [4.78, 5) is 14.3. The smallest absolute Gasteiger partial charge is 0.234 e. The van der Waals surface area contributed by atoms with Crippen LogP contribution in [0.1, 0.15) is 44.1 Å². The lowest BCUT2D eigenvalue weighted by Crippen LogP contribution is -2.41. The first-order chi connectivity index (χ1) is 10.2. The third-order valence-electron chi connectivity index (χ3n) is 4.46. The maximum Gasteiger partial charge on any atom is 0.234 e. The van der Waals surface area contributed by atoms with Gasteiger partial charge >= 0.3 is 0 Å². The van der Waals surface area contributed by atoms with E-state index in [2.05, 4.69) is 10.2 Å². The number of hydrogen-bond acceptors (Lipinski definition) is 2. The Hall–Kier alpha value is -1.42. The van der Waals surface area contributed by atoms with Gasteiger partial charge in [-0.05, 0) is 31.7 Å². The molecule has 21 heavy (non-hydrogen) atoms. The van der Waals surface area contributed by atoms with Crippen molar-refractivity contribution in [2.75, 3.05) is 6.54 Å². The lowest BCUT2D eigenvalue weighted by molar-refractivity contribution is -0.123. The number of benzene rings is 1. The number of nitrogens with zero attached hydrogens (tertiary/aromatic N) is 1. The van der Waals surface area contributed by atoms with E-state index in [4.69, 9.17) is 0 Å². The van der Waals surface area contributed by atoms with E-state index in [1.807, 2.05) is 6.07 Å². The molecule has 0 spiro atoms. The van der Waals surface area contributed by atoms with Gasteiger partial charge in [0.25, 0.3) is 0 Å². The average molecular weight is 290 g/mol. The van der Waals surface area contributed by atoms with Crippen molar-refractivity contribution in [3.05, 3.63) is 35.6 Å². The molecule has 0 aromatic heterocycles. The predicted octanol–water partition coefficient (Wildman–Crippen LogP) is 2.85. The Morgan fingerprint density at radius 2 is 1.90 bits per heavy atom. The number of hydrogen-bond donors (Lipinski definition) is 1. The Balaban J connectivity index is 1.57. The highest BCUT2D eigenvalue weighted by Crippen LogP contribution is 2.28. The van der Waals surface area contributed by atoms with Crippen LogP contribution in [0.4, 0.5) is 4.39 Å². The first-order valence-electron chi connectivity index (χ1n) is 7.99. The topological polar surface area (TPSA) is 32.3 Å². The Morgan fingerprint density at radius 3 is 2.57 bits per heavy atom. The minimum absolute atomic E-state index is 0.0881. The van der Waals surface area contributed by atoms with E-state index in [0.717, 1.165) is 25.7 Å². The van der Waals surface area contributed by atoms with Crippen LogP contribution in [-0.2, 0) is 11.3 Å². The molecule has 1 N–H and O–H groups in total. The summed E-state index contributed by atoms with van der Waals surface area (Å²) in [6, 6.07) is 7.64. The van der Waals surface area contributed by atoms with Crippen molar-refractivity contribution in [1.82, 2.24) is 10.2 Å². The van der Waals surface area contributed by atoms with Crippen molar-refractivity contribution in [3.63, 3.8) is 0 Å². The number of carbonyl (C=O) groups is 1. The quantitative estimate of drug-likeness (QED) is 0.874. The molecule has 2 aliphatic carbocycles. The number of rotatable bonds is 6. The Morgan fingerprint density at radius 1 is 1.19 bits per heavy atom. The summed E-state index contributed by atoms with van der Waals surface area (Å²) in [6.45, 7) is 0.908. The molecular formula is C17H23FN2O. The zero-order chi connectivity index (χ0) is 14.7. The molecule has 2 fully saturated rings. The Kier molecular flexibility index (Phi) is 4.54. The molecule has 0 atom stereocenters. The molecule has 0 radical (unpaired) electrons. The predicted molar refractivity (Wildman–Crippen MR) is 80.2 cm³/mol. The summed E-state index contributed by atoms with van der Waals surface area (Å²) in [5, 5.41) is 3.12. The van der Waals surface area contributed by atoms with Crippen molar-refractivity contribution in [2.45, 2.75) is 57.2 Å². The van der Waals surface area contributed by atoms with Gasteiger partial charge in [0.1, 0.15) is 5.82 Å². The van der Waals surface area contributed by atoms with Crippen molar-refractivity contribution in [3.8, 4) is 0 Å². The summed E-state index contributed by atoms with van der Waals surface area (Å²) in [5.74, 6) is -0.0931. The molecule has 4 heteroatoms. The van der Waals surface area contributed by atoms with Gasteiger partial charge in [0.05, 0.1) is 6.54 Å². The van der Waals surface area contributed by atoms with Gasteiger partial charge in [0.15, 0.2) is 0 Å². The van der Waals surface area contributed by atoms with Gasteiger partial charge in [-0.15, -0.1) is 0 Å². The van der Waals surface area contributed by atoms with Crippen molar-refractivity contribution >= 4 is 5.91 Å². The van der Waals surface area contributed by atoms with E-state index in [0.29, 0.717) is 30.7 Å². The fourth-order valence-electron chi connectivity index (χ4n) is 3.13. The lowest BCUT2D eigenvalue weighted by Gasteiger charge is -2.23. The number of amides is 1. The van der Waals surface area contributed by atoms with Crippen LogP contribution in [0.15, 0.2) is 24.3 Å². The van der Waals surface area contributed by atoms with Crippen molar-refractivity contribution in [1.29, 1.82) is 0 Å². The highest BCUT2D eigenvalue weighted by molar-refractivity contribution is 5.78. The maximum absolute atomic E-state index is 13.8. The SMILES string of the molecule is O=C(CN(Cc1ccccc1F)C1CC1)NC1CCCC1. The summed E-state index contributed by atoms with van der Waals surface area (Å²) in [7, 11) is 0. The van der Waals surface area contributed by atoms with Gasteiger partial charge in [-0.1, -0.05) is 31.0 Å². The second-order valence-electron chi connectivity index (χ2n) is 6.28. The van der Waals surface area contributed by atoms with E-state index in [1.165, 1.54) is 18.9 Å². The molecule has 0 aliphatic heterocycles. The van der Waals surface area contributed by atoms with E-state index in [1.54, 1.807) is 12.1 Å². The number of nitrogens with one attached hydrogen (secondary N) is 1. The molecule has 114 valence electrons. The minimum Gasteiger partial charge on any atom is -0.352 e. The van der Waals surface area contributed by atoms with Crippen LogP contribution in [0.25, 0.3) is 0 Å². The van der Waals surface area contributed by atoms with Crippen molar-refractivity contribution < 1.29 is 9.18 Å². The first kappa shape index (κ1) is 14.5. The normalized spacial score (nSPS) is 19.1. The van der Waals surface area contributed by atoms with Crippen LogP contribution in [0, 0.1) is 5.82 Å². The molecule has 1 amide bonds. The van der Waals surface area contributed by atoms with Crippen LogP contribution >= 0.6 is 0 Å². The van der Waals surface area contributed by atoms with Gasteiger partial charge < -0.3 is 5.32 Å². The summed E-state index contributed by atoms with van der Waals surface area (Å²) in [6.07, 6.45) is 6.86. The number of carbonyl (C=O) groups excluding carboxylic acids is 1. The van der Waals surface area contributed by atoms with E-state index in [-0.39, 0.29) is 11.7 Å². The molecule has 0 heterocycles. The zero-order valence-corrected chi connectivity index (χ0v) is 12.4. The molecule has 1 aromatic carbocycles. The average Bonchev–Trinajstić information content (AvgIpc) is 3.19. The first-order valence-corrected chi connectivity index (χ1v) is 7.99. The lowest BCUT2D eigenvalue weighted by atomic mass is 10.2. The van der Waals surface area contributed by atoms with E-state index < -0.39 is 0 Å². The fraction of sp³-hybridized carbons (Fsp3) is 0.588. The van der Waals surface area contributed by atoms with Crippen LogP contribution < -0.4 is 5.32 Å². The highest BCUT2D eigenvalue weighted by atomic mass is 19.1. The minimum atomic E-state index is -0.181. The molecule has 3 nitrogen and oxygen atoms in total. The summed E-state index contributed by atoms with van der Waals surface area (Å²) < 4.78 is 13.8. The molecule has 2 saturated carbocycles. The molecule has 3 rings (SSSR count). The van der Waals surface area contributed by atoms with Crippen LogP contribution in [0.3, 0.4) is 0 Å². The second-order valence-corrected chi connectivity index (χ2v) is 6.28. The van der Waals surface area contributed by atoms with Crippen LogP contribution in [0.5, 0.6) is 0 Å².